The highest BCUT2D eigenvalue weighted by atomic mass is 16.3. The van der Waals surface area contributed by atoms with Gasteiger partial charge in [-0.2, -0.15) is 0 Å². The molecule has 0 fully saturated rings. The van der Waals surface area contributed by atoms with E-state index in [1.54, 1.807) is 0 Å². The Kier molecular flexibility index (Phi) is 2.09. The second-order valence-corrected chi connectivity index (χ2v) is 3.17. The lowest BCUT2D eigenvalue weighted by Crippen LogP contribution is -2.24. The molecule has 0 amide bonds. The first-order chi connectivity index (χ1) is 6.78. The van der Waals surface area contributed by atoms with Crippen LogP contribution in [0.15, 0.2) is 44.9 Å². The second-order valence-electron chi connectivity index (χ2n) is 3.17. The van der Waals surface area contributed by atoms with Crippen molar-refractivity contribution in [2.24, 2.45) is 20.7 Å². The lowest BCUT2D eigenvalue weighted by molar-refractivity contribution is 0.201. The number of aliphatic hydroxyl groups excluding tert-OH is 1. The van der Waals surface area contributed by atoms with Crippen molar-refractivity contribution in [3.8, 4) is 0 Å². The summed E-state index contributed by atoms with van der Waals surface area (Å²) in [6.07, 6.45) is 0. The molecule has 1 aliphatic rings. The normalized spacial score (nSPS) is 17.6. The van der Waals surface area contributed by atoms with Gasteiger partial charge in [0.25, 0.3) is 0 Å². The Labute approximate surface area is 81.2 Å². The number of aliphatic hydroxyl groups is 1. The number of hydrogen-bond acceptors (Lipinski definition) is 5. The van der Waals surface area contributed by atoms with E-state index in [-0.39, 0.29) is 6.61 Å². The Morgan fingerprint density at radius 2 is 1.86 bits per heavy atom. The van der Waals surface area contributed by atoms with Crippen LogP contribution < -0.4 is 0 Å². The summed E-state index contributed by atoms with van der Waals surface area (Å²) in [6, 6.07) is 7.61. The maximum absolute atomic E-state index is 9.29. The minimum atomic E-state index is -1.01. The maximum atomic E-state index is 9.29. The van der Waals surface area contributed by atoms with Crippen LogP contribution in [0.5, 0.6) is 0 Å². The van der Waals surface area contributed by atoms with Gasteiger partial charge >= 0.3 is 0 Å². The highest BCUT2D eigenvalue weighted by Gasteiger charge is 2.35. The average Bonchev–Trinajstić information content (AvgIpc) is 2.68. The Morgan fingerprint density at radius 3 is 2.43 bits per heavy atom. The lowest BCUT2D eigenvalue weighted by atomic mass is 9.97. The molecule has 1 N–H and O–H groups in total. The van der Waals surface area contributed by atoms with Gasteiger partial charge in [-0.1, -0.05) is 24.3 Å². The van der Waals surface area contributed by atoms with Gasteiger partial charge < -0.3 is 5.11 Å². The molecule has 0 atom stereocenters. The highest BCUT2D eigenvalue weighted by Crippen LogP contribution is 2.33. The number of aryl methyl sites for hydroxylation is 1. The molecule has 72 valence electrons. The summed E-state index contributed by atoms with van der Waals surface area (Å²) < 4.78 is 0. The first-order valence-corrected chi connectivity index (χ1v) is 4.29. The Hall–Kier alpha value is -1.62. The van der Waals surface area contributed by atoms with E-state index in [4.69, 9.17) is 0 Å². The van der Waals surface area contributed by atoms with Gasteiger partial charge in [-0.3, -0.25) is 0 Å². The fourth-order valence-electron chi connectivity index (χ4n) is 1.49. The molecule has 5 heteroatoms. The summed E-state index contributed by atoms with van der Waals surface area (Å²) in [7, 11) is 0. The SMILES string of the molecule is Cc1ccccc1C1(CO)N=NN=N1. The van der Waals surface area contributed by atoms with E-state index in [9.17, 15) is 5.11 Å². The van der Waals surface area contributed by atoms with Crippen molar-refractivity contribution in [3.63, 3.8) is 0 Å². The topological polar surface area (TPSA) is 69.7 Å². The summed E-state index contributed by atoms with van der Waals surface area (Å²) in [6.45, 7) is 1.72. The second kappa shape index (κ2) is 3.26. The van der Waals surface area contributed by atoms with Crippen molar-refractivity contribution in [3.05, 3.63) is 35.4 Å². The van der Waals surface area contributed by atoms with Crippen molar-refractivity contribution >= 4 is 0 Å². The quantitative estimate of drug-likeness (QED) is 0.760. The third-order valence-electron chi connectivity index (χ3n) is 2.26. The van der Waals surface area contributed by atoms with E-state index in [2.05, 4.69) is 20.7 Å². The van der Waals surface area contributed by atoms with Crippen molar-refractivity contribution < 1.29 is 5.11 Å². The van der Waals surface area contributed by atoms with Gasteiger partial charge in [0.1, 0.15) is 0 Å². The molecule has 0 spiro atoms. The van der Waals surface area contributed by atoms with E-state index in [0.29, 0.717) is 0 Å². The number of nitrogens with zero attached hydrogens (tertiary/aromatic N) is 4. The third kappa shape index (κ3) is 1.22. The van der Waals surface area contributed by atoms with Crippen LogP contribution >= 0.6 is 0 Å². The minimum Gasteiger partial charge on any atom is -0.391 e. The molecule has 0 aliphatic carbocycles. The molecule has 0 unspecified atom stereocenters. The molecule has 0 bridgehead atoms. The maximum Gasteiger partial charge on any atom is 0.243 e. The number of hydrogen-bond donors (Lipinski definition) is 1. The Balaban J connectivity index is 2.53. The predicted octanol–water partition coefficient (Wildman–Crippen LogP) is 1.97. The molecule has 1 aromatic carbocycles. The fourth-order valence-corrected chi connectivity index (χ4v) is 1.49. The van der Waals surface area contributed by atoms with Crippen molar-refractivity contribution in [2.75, 3.05) is 6.61 Å². The molecular weight excluding hydrogens is 180 g/mol. The molecule has 1 heterocycles. The zero-order valence-electron chi connectivity index (χ0n) is 7.75. The van der Waals surface area contributed by atoms with Gasteiger partial charge in [0.15, 0.2) is 0 Å². The summed E-state index contributed by atoms with van der Waals surface area (Å²) in [5, 5.41) is 23.9. The molecule has 0 aromatic heterocycles. The van der Waals surface area contributed by atoms with E-state index < -0.39 is 5.66 Å². The van der Waals surface area contributed by atoms with Gasteiger partial charge in [0, 0.05) is 5.56 Å². The van der Waals surface area contributed by atoms with E-state index in [1.165, 1.54) is 0 Å². The van der Waals surface area contributed by atoms with Crippen LogP contribution in [0.4, 0.5) is 0 Å². The average molecular weight is 190 g/mol. The molecule has 0 saturated carbocycles. The summed E-state index contributed by atoms with van der Waals surface area (Å²) in [4.78, 5) is 0. The molecule has 1 aromatic rings. The lowest BCUT2D eigenvalue weighted by Gasteiger charge is -2.18. The zero-order valence-corrected chi connectivity index (χ0v) is 7.75. The van der Waals surface area contributed by atoms with Crippen molar-refractivity contribution in [2.45, 2.75) is 12.6 Å². The molecule has 0 radical (unpaired) electrons. The molecule has 1 aliphatic heterocycles. The van der Waals surface area contributed by atoms with Crippen LogP contribution in [0.1, 0.15) is 11.1 Å². The minimum absolute atomic E-state index is 0.217. The molecular formula is C9H10N4O. The van der Waals surface area contributed by atoms with E-state index in [1.807, 2.05) is 31.2 Å². The molecule has 0 saturated heterocycles. The Morgan fingerprint density at radius 1 is 1.21 bits per heavy atom. The summed E-state index contributed by atoms with van der Waals surface area (Å²) in [5.74, 6) is 0. The molecule has 2 rings (SSSR count). The number of rotatable bonds is 2. The van der Waals surface area contributed by atoms with Gasteiger partial charge in [-0.15, -0.1) is 10.2 Å². The third-order valence-corrected chi connectivity index (χ3v) is 2.26. The van der Waals surface area contributed by atoms with Crippen molar-refractivity contribution in [1.29, 1.82) is 0 Å². The highest BCUT2D eigenvalue weighted by molar-refractivity contribution is 5.32. The van der Waals surface area contributed by atoms with Gasteiger partial charge in [-0.05, 0) is 22.9 Å². The van der Waals surface area contributed by atoms with E-state index in [0.717, 1.165) is 11.1 Å². The van der Waals surface area contributed by atoms with Gasteiger partial charge in [0.05, 0.1) is 6.61 Å². The summed E-state index contributed by atoms with van der Waals surface area (Å²) >= 11 is 0. The monoisotopic (exact) mass is 190 g/mol. The van der Waals surface area contributed by atoms with Crippen LogP contribution in [-0.2, 0) is 5.66 Å². The van der Waals surface area contributed by atoms with Gasteiger partial charge in [0.2, 0.25) is 5.66 Å². The Bertz CT molecular complexity index is 388. The zero-order chi connectivity index (χ0) is 10.0. The van der Waals surface area contributed by atoms with Gasteiger partial charge in [-0.25, -0.2) is 0 Å². The fraction of sp³-hybridized carbons (Fsp3) is 0.333. The van der Waals surface area contributed by atoms with Crippen LogP contribution in [0.25, 0.3) is 0 Å². The van der Waals surface area contributed by atoms with Crippen LogP contribution in [0, 0.1) is 6.92 Å². The van der Waals surface area contributed by atoms with Crippen molar-refractivity contribution in [1.82, 2.24) is 0 Å². The molecule has 5 nitrogen and oxygen atoms in total. The first kappa shape index (κ1) is 8.96. The summed E-state index contributed by atoms with van der Waals surface area (Å²) in [5.41, 5.74) is 0.847. The predicted molar refractivity (Wildman–Crippen MR) is 49.7 cm³/mol. The van der Waals surface area contributed by atoms with Crippen LogP contribution in [0.3, 0.4) is 0 Å². The number of benzene rings is 1. The van der Waals surface area contributed by atoms with E-state index >= 15 is 0 Å². The first-order valence-electron chi connectivity index (χ1n) is 4.29. The largest absolute Gasteiger partial charge is 0.391 e. The smallest absolute Gasteiger partial charge is 0.243 e. The standard InChI is InChI=1S/C9H10N4O/c1-7-4-2-3-5-8(7)9(6-14)10-12-13-11-9/h2-5,14H,6H2,1H3. The van der Waals surface area contributed by atoms with Crippen LogP contribution in [0.2, 0.25) is 0 Å². The molecule has 14 heavy (non-hydrogen) atoms. The van der Waals surface area contributed by atoms with Crippen LogP contribution in [-0.4, -0.2) is 11.7 Å².